The van der Waals surface area contributed by atoms with E-state index in [-0.39, 0.29) is 12.2 Å². The van der Waals surface area contributed by atoms with Gasteiger partial charge in [-0.3, -0.25) is 4.57 Å². The minimum atomic E-state index is -0.297. The van der Waals surface area contributed by atoms with Crippen LogP contribution in [0.2, 0.25) is 0 Å². The van der Waals surface area contributed by atoms with Crippen molar-refractivity contribution in [1.29, 1.82) is 0 Å². The van der Waals surface area contributed by atoms with Crippen LogP contribution in [0, 0.1) is 0 Å². The van der Waals surface area contributed by atoms with Gasteiger partial charge in [0, 0.05) is 6.20 Å². The molecule has 3 rings (SSSR count). The van der Waals surface area contributed by atoms with Gasteiger partial charge < -0.3 is 4.79 Å². The van der Waals surface area contributed by atoms with Crippen LogP contribution in [0.15, 0.2) is 47.4 Å². The number of fused-ring (bicyclic) bond motifs is 1. The van der Waals surface area contributed by atoms with Crippen LogP contribution in [-0.4, -0.2) is 25.6 Å². The van der Waals surface area contributed by atoms with E-state index < -0.39 is 0 Å². The first-order valence-electron chi connectivity index (χ1n) is 5.75. The maximum absolute atomic E-state index is 12.4. The molecule has 2 heterocycles. The fourth-order valence-electron chi connectivity index (χ4n) is 2.09. The molecule has 0 N–H and O–H groups in total. The lowest BCUT2D eigenvalue weighted by atomic mass is 10.3. The Bertz CT molecular complexity index is 789. The van der Waals surface area contributed by atoms with E-state index >= 15 is 0 Å². The van der Waals surface area contributed by atoms with Crippen molar-refractivity contribution in [2.45, 2.75) is 6.54 Å². The number of carbonyl (C=O) groups is 1. The number of aldehydes is 1. The summed E-state index contributed by atoms with van der Waals surface area (Å²) in [6, 6.07) is 10.7. The van der Waals surface area contributed by atoms with Crippen molar-refractivity contribution >= 4 is 17.3 Å². The highest BCUT2D eigenvalue weighted by atomic mass is 16.2. The Kier molecular flexibility index (Phi) is 2.68. The van der Waals surface area contributed by atoms with Gasteiger partial charge in [-0.05, 0) is 24.3 Å². The predicted octanol–water partition coefficient (Wildman–Crippen LogP) is 0.781. The molecule has 94 valence electrons. The maximum Gasteiger partial charge on any atom is 0.335 e. The Balaban J connectivity index is 2.40. The molecule has 0 spiro atoms. The van der Waals surface area contributed by atoms with Gasteiger partial charge in [-0.2, -0.15) is 5.10 Å². The number of aromatic nitrogens is 4. The Morgan fingerprint density at radius 1 is 1.11 bits per heavy atom. The number of hydrogen-bond acceptors (Lipinski definition) is 4. The van der Waals surface area contributed by atoms with Gasteiger partial charge in [0.1, 0.15) is 6.29 Å². The van der Waals surface area contributed by atoms with E-state index in [2.05, 4.69) is 10.2 Å². The first kappa shape index (κ1) is 11.3. The van der Waals surface area contributed by atoms with E-state index in [1.54, 1.807) is 24.4 Å². The summed E-state index contributed by atoms with van der Waals surface area (Å²) in [5.41, 5.74) is 1.11. The smallest absolute Gasteiger partial charge is 0.301 e. The lowest BCUT2D eigenvalue weighted by molar-refractivity contribution is -0.108. The zero-order valence-corrected chi connectivity index (χ0v) is 9.93. The average Bonchev–Trinajstić information content (AvgIpc) is 2.73. The van der Waals surface area contributed by atoms with Gasteiger partial charge >= 0.3 is 5.69 Å². The fourth-order valence-corrected chi connectivity index (χ4v) is 2.09. The van der Waals surface area contributed by atoms with Crippen molar-refractivity contribution in [2.75, 3.05) is 0 Å². The predicted molar refractivity (Wildman–Crippen MR) is 69.2 cm³/mol. The van der Waals surface area contributed by atoms with Gasteiger partial charge in [0.2, 0.25) is 0 Å². The molecule has 0 radical (unpaired) electrons. The second kappa shape index (κ2) is 4.49. The van der Waals surface area contributed by atoms with Crippen LogP contribution in [0.1, 0.15) is 0 Å². The Morgan fingerprint density at radius 3 is 2.58 bits per heavy atom. The molecular formula is C13H10N4O2. The van der Waals surface area contributed by atoms with Crippen molar-refractivity contribution in [3.63, 3.8) is 0 Å². The van der Waals surface area contributed by atoms with E-state index in [9.17, 15) is 9.59 Å². The summed E-state index contributed by atoms with van der Waals surface area (Å²) >= 11 is 0. The summed E-state index contributed by atoms with van der Waals surface area (Å²) in [5, 5.41) is 7.72. The standard InChI is InChI=1S/C13H10N4O2/c18-9-8-16-10-4-1-2-5-11(10)17(13(16)19)12-6-3-7-14-15-12/h1-7,9H,8H2. The van der Waals surface area contributed by atoms with Crippen LogP contribution in [0.3, 0.4) is 0 Å². The fraction of sp³-hybridized carbons (Fsp3) is 0.0769. The first-order chi connectivity index (χ1) is 9.33. The summed E-state index contributed by atoms with van der Waals surface area (Å²) in [5.74, 6) is 0.438. The van der Waals surface area contributed by atoms with E-state index in [0.717, 1.165) is 0 Å². The molecule has 0 amide bonds. The number of hydrogen-bond donors (Lipinski definition) is 0. The van der Waals surface area contributed by atoms with Crippen LogP contribution in [0.5, 0.6) is 0 Å². The molecule has 0 atom stereocenters. The Morgan fingerprint density at radius 2 is 1.89 bits per heavy atom. The number of nitrogens with zero attached hydrogens (tertiary/aromatic N) is 4. The van der Waals surface area contributed by atoms with E-state index in [4.69, 9.17) is 0 Å². The van der Waals surface area contributed by atoms with Crippen LogP contribution >= 0.6 is 0 Å². The lowest BCUT2D eigenvalue weighted by Gasteiger charge is -1.99. The Labute approximate surface area is 107 Å². The summed E-state index contributed by atoms with van der Waals surface area (Å²) in [4.78, 5) is 23.1. The van der Waals surface area contributed by atoms with E-state index in [1.165, 1.54) is 9.13 Å². The number of carbonyl (C=O) groups excluding carboxylic acids is 1. The van der Waals surface area contributed by atoms with Crippen molar-refractivity contribution in [3.05, 3.63) is 53.1 Å². The molecular weight excluding hydrogens is 244 g/mol. The van der Waals surface area contributed by atoms with Crippen LogP contribution in [0.4, 0.5) is 0 Å². The first-order valence-corrected chi connectivity index (χ1v) is 5.75. The summed E-state index contributed by atoms with van der Waals surface area (Å²) in [7, 11) is 0. The van der Waals surface area contributed by atoms with Crippen molar-refractivity contribution < 1.29 is 4.79 Å². The molecule has 6 nitrogen and oxygen atoms in total. The van der Waals surface area contributed by atoms with Crippen LogP contribution in [0.25, 0.3) is 16.9 Å². The molecule has 0 saturated carbocycles. The van der Waals surface area contributed by atoms with Gasteiger partial charge in [0.05, 0.1) is 17.6 Å². The molecule has 0 unspecified atom stereocenters. The second-order valence-corrected chi connectivity index (χ2v) is 3.97. The van der Waals surface area contributed by atoms with Gasteiger partial charge in [-0.25, -0.2) is 9.36 Å². The summed E-state index contributed by atoms with van der Waals surface area (Å²) in [6.45, 7) is 0.0204. The van der Waals surface area contributed by atoms with Gasteiger partial charge in [0.25, 0.3) is 0 Å². The highest BCUT2D eigenvalue weighted by Crippen LogP contribution is 2.15. The van der Waals surface area contributed by atoms with E-state index in [0.29, 0.717) is 23.1 Å². The normalized spacial score (nSPS) is 10.7. The molecule has 0 saturated heterocycles. The van der Waals surface area contributed by atoms with Gasteiger partial charge in [-0.15, -0.1) is 5.10 Å². The molecule has 3 aromatic rings. The maximum atomic E-state index is 12.4. The topological polar surface area (TPSA) is 69.8 Å². The number of para-hydroxylation sites is 2. The number of benzene rings is 1. The molecule has 1 aromatic carbocycles. The minimum Gasteiger partial charge on any atom is -0.301 e. The highest BCUT2D eigenvalue weighted by molar-refractivity contribution is 5.78. The van der Waals surface area contributed by atoms with Crippen molar-refractivity contribution in [2.24, 2.45) is 0 Å². The molecule has 0 bridgehead atoms. The lowest BCUT2D eigenvalue weighted by Crippen LogP contribution is -2.24. The highest BCUT2D eigenvalue weighted by Gasteiger charge is 2.14. The van der Waals surface area contributed by atoms with Crippen molar-refractivity contribution in [1.82, 2.24) is 19.3 Å². The molecule has 0 aliphatic heterocycles. The van der Waals surface area contributed by atoms with E-state index in [1.807, 2.05) is 18.2 Å². The number of rotatable bonds is 3. The Hall–Kier alpha value is -2.76. The molecule has 2 aromatic heterocycles. The second-order valence-electron chi connectivity index (χ2n) is 3.97. The molecule has 0 aliphatic rings. The molecule has 0 fully saturated rings. The van der Waals surface area contributed by atoms with Crippen molar-refractivity contribution in [3.8, 4) is 5.82 Å². The third kappa shape index (κ3) is 1.74. The summed E-state index contributed by atoms with van der Waals surface area (Å²) < 4.78 is 2.86. The summed E-state index contributed by atoms with van der Waals surface area (Å²) in [6.07, 6.45) is 2.24. The monoisotopic (exact) mass is 254 g/mol. The largest absolute Gasteiger partial charge is 0.335 e. The molecule has 0 aliphatic carbocycles. The minimum absolute atomic E-state index is 0.0204. The quantitative estimate of drug-likeness (QED) is 0.648. The van der Waals surface area contributed by atoms with Crippen LogP contribution in [-0.2, 0) is 11.3 Å². The third-order valence-electron chi connectivity index (χ3n) is 2.88. The number of imidazole rings is 1. The zero-order chi connectivity index (χ0) is 13.2. The third-order valence-corrected chi connectivity index (χ3v) is 2.88. The van der Waals surface area contributed by atoms with Gasteiger partial charge in [-0.1, -0.05) is 12.1 Å². The average molecular weight is 254 g/mol. The molecule has 6 heteroatoms. The molecule has 19 heavy (non-hydrogen) atoms. The van der Waals surface area contributed by atoms with Gasteiger partial charge in [0.15, 0.2) is 5.82 Å². The zero-order valence-electron chi connectivity index (χ0n) is 9.93. The van der Waals surface area contributed by atoms with Crippen LogP contribution < -0.4 is 5.69 Å². The SMILES string of the molecule is O=CCn1c(=O)n(-c2cccnn2)c2ccccc21.